The summed E-state index contributed by atoms with van der Waals surface area (Å²) in [5.74, 6) is -5.27. The van der Waals surface area contributed by atoms with Crippen molar-refractivity contribution in [2.75, 3.05) is 0 Å². The van der Waals surface area contributed by atoms with Gasteiger partial charge in [-0.15, -0.1) is 0 Å². The van der Waals surface area contributed by atoms with Gasteiger partial charge in [-0.25, -0.2) is 4.39 Å². The van der Waals surface area contributed by atoms with Crippen LogP contribution in [0.5, 0.6) is 17.2 Å². The van der Waals surface area contributed by atoms with E-state index in [2.05, 4.69) is 0 Å². The summed E-state index contributed by atoms with van der Waals surface area (Å²) >= 11 is 0. The minimum Gasteiger partial charge on any atom is -0.507 e. The number of aromatic hydroxyl groups is 3. The van der Waals surface area contributed by atoms with Gasteiger partial charge < -0.3 is 25.5 Å². The Kier molecular flexibility index (Phi) is 3.84. The van der Waals surface area contributed by atoms with Gasteiger partial charge >= 0.3 is 0 Å². The predicted molar refractivity (Wildman–Crippen MR) is 93.9 cm³/mol. The SMILES string of the molecule is CC(=O)C1(O)Cc2c(O)c3c(c(O)c2C(O)C1F)C(=O)c1c(O)cccc1C3=O. The van der Waals surface area contributed by atoms with Crippen LogP contribution in [-0.2, 0) is 11.2 Å². The highest BCUT2D eigenvalue weighted by Crippen LogP contribution is 2.51. The normalized spacial score (nSPS) is 25.2. The predicted octanol–water partition coefficient (Wildman–Crippen LogP) is 0.826. The van der Waals surface area contributed by atoms with E-state index in [0.29, 0.717) is 0 Å². The smallest absolute Gasteiger partial charge is 0.202 e. The molecule has 3 unspecified atom stereocenters. The monoisotopic (exact) mass is 402 g/mol. The Bertz CT molecular complexity index is 1140. The maximum absolute atomic E-state index is 14.7. The highest BCUT2D eigenvalue weighted by atomic mass is 19.1. The molecule has 2 aromatic rings. The van der Waals surface area contributed by atoms with Gasteiger partial charge in [-0.2, -0.15) is 0 Å². The van der Waals surface area contributed by atoms with Crippen LogP contribution in [0.1, 0.15) is 56.0 Å². The molecular weight excluding hydrogens is 387 g/mol. The molecule has 0 bridgehead atoms. The molecule has 5 N–H and O–H groups in total. The van der Waals surface area contributed by atoms with Crippen LogP contribution in [-0.4, -0.2) is 54.7 Å². The van der Waals surface area contributed by atoms with Crippen LogP contribution in [0.2, 0.25) is 0 Å². The molecule has 2 aromatic carbocycles. The highest BCUT2D eigenvalue weighted by molar-refractivity contribution is 6.31. The van der Waals surface area contributed by atoms with Crippen molar-refractivity contribution in [2.24, 2.45) is 0 Å². The van der Waals surface area contributed by atoms with E-state index in [0.717, 1.165) is 13.0 Å². The molecular formula is C20H15FO8. The number of rotatable bonds is 1. The van der Waals surface area contributed by atoms with Crippen molar-refractivity contribution in [1.29, 1.82) is 0 Å². The first-order valence-electron chi connectivity index (χ1n) is 8.60. The molecule has 0 aliphatic heterocycles. The van der Waals surface area contributed by atoms with Crippen LogP contribution >= 0.6 is 0 Å². The quantitative estimate of drug-likeness (QED) is 0.375. The number of hydrogen-bond donors (Lipinski definition) is 5. The molecule has 29 heavy (non-hydrogen) atoms. The van der Waals surface area contributed by atoms with Gasteiger partial charge in [0.15, 0.2) is 23.3 Å². The third kappa shape index (κ3) is 2.22. The molecule has 0 heterocycles. The van der Waals surface area contributed by atoms with Gasteiger partial charge in [0.05, 0.1) is 16.7 Å². The van der Waals surface area contributed by atoms with Crippen LogP contribution in [0.25, 0.3) is 0 Å². The van der Waals surface area contributed by atoms with E-state index in [1.807, 2.05) is 0 Å². The maximum atomic E-state index is 14.7. The van der Waals surface area contributed by atoms with Crippen LogP contribution < -0.4 is 0 Å². The molecule has 8 nitrogen and oxygen atoms in total. The molecule has 0 aromatic heterocycles. The number of carbonyl (C=O) groups is 3. The second-order valence-corrected chi connectivity index (χ2v) is 7.20. The average molecular weight is 402 g/mol. The van der Waals surface area contributed by atoms with E-state index in [-0.39, 0.29) is 5.56 Å². The number of ketones is 3. The second-order valence-electron chi connectivity index (χ2n) is 7.20. The summed E-state index contributed by atoms with van der Waals surface area (Å²) in [4.78, 5) is 37.6. The molecule has 0 amide bonds. The number of phenolic OH excluding ortho intramolecular Hbond substituents is 3. The fourth-order valence-corrected chi connectivity index (χ4v) is 4.05. The fraction of sp³-hybridized carbons (Fsp3) is 0.250. The lowest BCUT2D eigenvalue weighted by molar-refractivity contribution is -0.152. The summed E-state index contributed by atoms with van der Waals surface area (Å²) in [6.07, 6.45) is -5.62. The summed E-state index contributed by atoms with van der Waals surface area (Å²) in [6, 6.07) is 3.71. The number of aliphatic hydroxyl groups is 2. The van der Waals surface area contributed by atoms with Crippen LogP contribution in [0.4, 0.5) is 4.39 Å². The zero-order valence-corrected chi connectivity index (χ0v) is 14.9. The van der Waals surface area contributed by atoms with Crippen molar-refractivity contribution in [2.45, 2.75) is 31.2 Å². The van der Waals surface area contributed by atoms with Crippen LogP contribution in [0.3, 0.4) is 0 Å². The molecule has 3 atom stereocenters. The van der Waals surface area contributed by atoms with E-state index < -0.39 is 86.7 Å². The van der Waals surface area contributed by atoms with Crippen molar-refractivity contribution in [3.05, 3.63) is 51.6 Å². The first-order valence-corrected chi connectivity index (χ1v) is 8.60. The summed E-state index contributed by atoms with van der Waals surface area (Å²) in [5.41, 5.74) is -5.63. The van der Waals surface area contributed by atoms with Crippen molar-refractivity contribution < 1.29 is 44.3 Å². The fourth-order valence-electron chi connectivity index (χ4n) is 4.05. The van der Waals surface area contributed by atoms with E-state index in [1.165, 1.54) is 12.1 Å². The summed E-state index contributed by atoms with van der Waals surface area (Å²) in [6.45, 7) is 0.896. The molecule has 9 heteroatoms. The van der Waals surface area contributed by atoms with Gasteiger partial charge in [0, 0.05) is 23.1 Å². The number of alkyl halides is 1. The standard InChI is InChI=1S/C20H15FO8/c1-6(22)20(29)5-8-11(18(28)19(20)21)17(27)13-12(15(8)25)14(24)7-3-2-4-9(23)10(7)16(13)26/h2-4,18-19,23,25,27-29H,5H2,1H3. The molecule has 2 aliphatic carbocycles. The van der Waals surface area contributed by atoms with Gasteiger partial charge in [-0.1, -0.05) is 12.1 Å². The minimum absolute atomic E-state index is 0.223. The summed E-state index contributed by atoms with van der Waals surface area (Å²) < 4.78 is 14.7. The van der Waals surface area contributed by atoms with Gasteiger partial charge in [0.2, 0.25) is 5.78 Å². The van der Waals surface area contributed by atoms with E-state index >= 15 is 0 Å². The number of hydrogen-bond acceptors (Lipinski definition) is 8. The highest BCUT2D eigenvalue weighted by Gasteiger charge is 2.54. The van der Waals surface area contributed by atoms with Crippen molar-refractivity contribution in [3.8, 4) is 17.2 Å². The largest absolute Gasteiger partial charge is 0.507 e. The summed E-state index contributed by atoms with van der Waals surface area (Å²) in [5, 5.41) is 52.1. The number of halogens is 1. The maximum Gasteiger partial charge on any atom is 0.202 e. The Morgan fingerprint density at radius 2 is 1.69 bits per heavy atom. The third-order valence-corrected chi connectivity index (χ3v) is 5.64. The van der Waals surface area contributed by atoms with E-state index in [1.54, 1.807) is 0 Å². The van der Waals surface area contributed by atoms with Gasteiger partial charge in [-0.3, -0.25) is 14.4 Å². The second kappa shape index (κ2) is 5.85. The van der Waals surface area contributed by atoms with Gasteiger partial charge in [0.1, 0.15) is 23.4 Å². The van der Waals surface area contributed by atoms with Crippen molar-refractivity contribution in [1.82, 2.24) is 0 Å². The molecule has 0 saturated carbocycles. The number of carbonyl (C=O) groups excluding carboxylic acids is 3. The minimum atomic E-state index is -2.69. The Morgan fingerprint density at radius 1 is 1.07 bits per heavy atom. The Hall–Kier alpha value is -3.30. The average Bonchev–Trinajstić information content (AvgIpc) is 2.66. The topological polar surface area (TPSA) is 152 Å². The number of aliphatic hydroxyl groups excluding tert-OH is 1. The lowest BCUT2D eigenvalue weighted by atomic mass is 9.71. The van der Waals surface area contributed by atoms with Crippen molar-refractivity contribution >= 4 is 17.3 Å². The molecule has 0 spiro atoms. The molecule has 0 fully saturated rings. The van der Waals surface area contributed by atoms with E-state index in [4.69, 9.17) is 0 Å². The number of Topliss-reactive ketones (excluding diaryl/α,β-unsaturated/α-hetero) is 1. The first kappa shape index (κ1) is 19.0. The van der Waals surface area contributed by atoms with Crippen molar-refractivity contribution in [3.63, 3.8) is 0 Å². The molecule has 2 aliphatic rings. The van der Waals surface area contributed by atoms with Gasteiger partial charge in [0.25, 0.3) is 0 Å². The first-order chi connectivity index (χ1) is 13.5. The van der Waals surface area contributed by atoms with Crippen LogP contribution in [0, 0.1) is 0 Å². The Morgan fingerprint density at radius 3 is 2.31 bits per heavy atom. The number of benzene rings is 2. The van der Waals surface area contributed by atoms with E-state index in [9.17, 15) is 44.3 Å². The third-order valence-electron chi connectivity index (χ3n) is 5.64. The Labute approximate surface area is 162 Å². The summed E-state index contributed by atoms with van der Waals surface area (Å²) in [7, 11) is 0. The van der Waals surface area contributed by atoms with Gasteiger partial charge in [-0.05, 0) is 13.0 Å². The molecule has 150 valence electrons. The Balaban J connectivity index is 2.07. The lowest BCUT2D eigenvalue weighted by Gasteiger charge is -2.39. The molecule has 4 rings (SSSR count). The number of phenols is 3. The number of fused-ring (bicyclic) bond motifs is 3. The lowest BCUT2D eigenvalue weighted by Crippen LogP contribution is -2.53. The zero-order valence-electron chi connectivity index (χ0n) is 14.9. The zero-order chi connectivity index (χ0) is 21.4. The van der Waals surface area contributed by atoms with Crippen LogP contribution in [0.15, 0.2) is 18.2 Å². The molecule has 0 saturated heterocycles. The molecule has 0 radical (unpaired) electrons.